The smallest absolute Gasteiger partial charge is 0.137 e. The molecule has 2 rings (SSSR count). The van der Waals surface area contributed by atoms with Gasteiger partial charge in [0.1, 0.15) is 12.4 Å². The maximum Gasteiger partial charge on any atom is 0.137 e. The summed E-state index contributed by atoms with van der Waals surface area (Å²) in [6.45, 7) is 0.555. The van der Waals surface area contributed by atoms with Crippen LogP contribution >= 0.6 is 23.4 Å². The maximum absolute atomic E-state index is 6.17. The SMILES string of the molecule is NC(COc1ccccc1Cl)C1CCSCC1. The second-order valence-corrected chi connectivity index (χ2v) is 5.99. The molecule has 1 aliphatic heterocycles. The first kappa shape index (κ1) is 13.1. The van der Waals surface area contributed by atoms with Crippen molar-refractivity contribution in [1.29, 1.82) is 0 Å². The molecule has 94 valence electrons. The summed E-state index contributed by atoms with van der Waals surface area (Å²) >= 11 is 8.04. The molecule has 1 unspecified atom stereocenters. The topological polar surface area (TPSA) is 35.2 Å². The van der Waals surface area contributed by atoms with E-state index in [-0.39, 0.29) is 6.04 Å². The van der Waals surface area contributed by atoms with Crippen LogP contribution in [0.4, 0.5) is 0 Å². The Labute approximate surface area is 112 Å². The molecule has 1 aromatic rings. The number of benzene rings is 1. The van der Waals surface area contributed by atoms with E-state index < -0.39 is 0 Å². The molecule has 17 heavy (non-hydrogen) atoms. The number of para-hydroxylation sites is 1. The second-order valence-electron chi connectivity index (χ2n) is 4.36. The highest BCUT2D eigenvalue weighted by Crippen LogP contribution is 2.26. The average molecular weight is 272 g/mol. The molecule has 1 saturated heterocycles. The number of nitrogens with two attached hydrogens (primary N) is 1. The van der Waals surface area contributed by atoms with Crippen molar-refractivity contribution in [2.75, 3.05) is 18.1 Å². The summed E-state index contributed by atoms with van der Waals surface area (Å²) in [6, 6.07) is 7.65. The van der Waals surface area contributed by atoms with Gasteiger partial charge in [-0.15, -0.1) is 0 Å². The Balaban J connectivity index is 1.83. The van der Waals surface area contributed by atoms with Gasteiger partial charge >= 0.3 is 0 Å². The predicted molar refractivity (Wildman–Crippen MR) is 75.0 cm³/mol. The monoisotopic (exact) mass is 271 g/mol. The zero-order valence-corrected chi connectivity index (χ0v) is 11.3. The first-order valence-corrected chi connectivity index (χ1v) is 7.51. The minimum Gasteiger partial charge on any atom is -0.490 e. The number of hydrogen-bond acceptors (Lipinski definition) is 3. The third-order valence-electron chi connectivity index (χ3n) is 3.14. The van der Waals surface area contributed by atoms with Crippen molar-refractivity contribution in [3.63, 3.8) is 0 Å². The Morgan fingerprint density at radius 3 is 2.76 bits per heavy atom. The molecule has 1 fully saturated rings. The Hall–Kier alpha value is -0.380. The van der Waals surface area contributed by atoms with Crippen molar-refractivity contribution < 1.29 is 4.74 Å². The maximum atomic E-state index is 6.17. The van der Waals surface area contributed by atoms with Crippen molar-refractivity contribution >= 4 is 23.4 Å². The highest BCUT2D eigenvalue weighted by molar-refractivity contribution is 7.99. The Morgan fingerprint density at radius 2 is 2.06 bits per heavy atom. The van der Waals surface area contributed by atoms with E-state index in [4.69, 9.17) is 22.1 Å². The molecule has 0 amide bonds. The zero-order valence-electron chi connectivity index (χ0n) is 9.77. The summed E-state index contributed by atoms with van der Waals surface area (Å²) in [6.07, 6.45) is 2.41. The average Bonchev–Trinajstić information content (AvgIpc) is 2.38. The van der Waals surface area contributed by atoms with Gasteiger partial charge in [0.2, 0.25) is 0 Å². The van der Waals surface area contributed by atoms with Crippen LogP contribution in [0.3, 0.4) is 0 Å². The number of hydrogen-bond donors (Lipinski definition) is 1. The van der Waals surface area contributed by atoms with Crippen LogP contribution in [0.25, 0.3) is 0 Å². The van der Waals surface area contributed by atoms with Gasteiger partial charge in [-0.3, -0.25) is 0 Å². The van der Waals surface area contributed by atoms with E-state index in [2.05, 4.69) is 0 Å². The highest BCUT2D eigenvalue weighted by atomic mass is 35.5. The largest absolute Gasteiger partial charge is 0.490 e. The van der Waals surface area contributed by atoms with Gasteiger partial charge in [0.15, 0.2) is 0 Å². The van der Waals surface area contributed by atoms with E-state index in [0.29, 0.717) is 17.5 Å². The van der Waals surface area contributed by atoms with E-state index >= 15 is 0 Å². The number of thioether (sulfide) groups is 1. The summed E-state index contributed by atoms with van der Waals surface area (Å²) in [5.41, 5.74) is 6.17. The van der Waals surface area contributed by atoms with Gasteiger partial charge in [-0.25, -0.2) is 0 Å². The molecular formula is C13H18ClNOS. The van der Waals surface area contributed by atoms with Gasteiger partial charge in [0, 0.05) is 6.04 Å². The molecular weight excluding hydrogens is 254 g/mol. The van der Waals surface area contributed by atoms with Gasteiger partial charge in [-0.05, 0) is 42.4 Å². The quantitative estimate of drug-likeness (QED) is 0.913. The van der Waals surface area contributed by atoms with Crippen LogP contribution in [0.15, 0.2) is 24.3 Å². The van der Waals surface area contributed by atoms with E-state index in [1.807, 2.05) is 36.0 Å². The van der Waals surface area contributed by atoms with Crippen LogP contribution in [-0.2, 0) is 0 Å². The predicted octanol–water partition coefficient (Wildman–Crippen LogP) is 3.19. The molecule has 1 aliphatic rings. The standard InChI is InChI=1S/C13H18ClNOS/c14-11-3-1-2-4-13(11)16-9-12(15)10-5-7-17-8-6-10/h1-4,10,12H,5-9,15H2. The molecule has 1 aromatic carbocycles. The van der Waals surface area contributed by atoms with Crippen LogP contribution in [0, 0.1) is 5.92 Å². The fourth-order valence-corrected chi connectivity index (χ4v) is 3.36. The Bertz CT molecular complexity index is 355. The Morgan fingerprint density at radius 1 is 1.35 bits per heavy atom. The van der Waals surface area contributed by atoms with E-state index in [9.17, 15) is 0 Å². The van der Waals surface area contributed by atoms with Gasteiger partial charge < -0.3 is 10.5 Å². The van der Waals surface area contributed by atoms with Crippen molar-refractivity contribution in [1.82, 2.24) is 0 Å². The number of ether oxygens (including phenoxy) is 1. The molecule has 1 heterocycles. The number of rotatable bonds is 4. The fraction of sp³-hybridized carbons (Fsp3) is 0.538. The fourth-order valence-electron chi connectivity index (χ4n) is 2.03. The van der Waals surface area contributed by atoms with Crippen molar-refractivity contribution in [3.8, 4) is 5.75 Å². The van der Waals surface area contributed by atoms with Crippen molar-refractivity contribution in [2.24, 2.45) is 11.7 Å². The second kappa shape index (κ2) is 6.53. The molecule has 4 heteroatoms. The van der Waals surface area contributed by atoms with Crippen LogP contribution < -0.4 is 10.5 Å². The molecule has 0 aliphatic carbocycles. The highest BCUT2D eigenvalue weighted by Gasteiger charge is 2.21. The lowest BCUT2D eigenvalue weighted by atomic mass is 9.95. The summed E-state index contributed by atoms with van der Waals surface area (Å²) in [4.78, 5) is 0. The summed E-state index contributed by atoms with van der Waals surface area (Å²) in [7, 11) is 0. The lowest BCUT2D eigenvalue weighted by Crippen LogP contribution is -2.37. The van der Waals surface area contributed by atoms with Gasteiger partial charge in [-0.1, -0.05) is 23.7 Å². The van der Waals surface area contributed by atoms with Crippen LogP contribution in [0.1, 0.15) is 12.8 Å². The lowest BCUT2D eigenvalue weighted by molar-refractivity contribution is 0.239. The minimum absolute atomic E-state index is 0.118. The first-order valence-electron chi connectivity index (χ1n) is 5.98. The van der Waals surface area contributed by atoms with Crippen LogP contribution in [-0.4, -0.2) is 24.2 Å². The van der Waals surface area contributed by atoms with Gasteiger partial charge in [-0.2, -0.15) is 11.8 Å². The zero-order chi connectivity index (χ0) is 12.1. The van der Waals surface area contributed by atoms with Crippen molar-refractivity contribution in [3.05, 3.63) is 29.3 Å². The molecule has 0 radical (unpaired) electrons. The first-order chi connectivity index (χ1) is 8.27. The third kappa shape index (κ3) is 3.80. The molecule has 0 spiro atoms. The van der Waals surface area contributed by atoms with E-state index in [0.717, 1.165) is 5.75 Å². The minimum atomic E-state index is 0.118. The molecule has 0 bridgehead atoms. The third-order valence-corrected chi connectivity index (χ3v) is 4.50. The summed E-state index contributed by atoms with van der Waals surface area (Å²) < 4.78 is 5.69. The normalized spacial score (nSPS) is 18.9. The molecule has 0 saturated carbocycles. The molecule has 1 atom stereocenters. The number of halogens is 1. The van der Waals surface area contributed by atoms with Crippen LogP contribution in [0.2, 0.25) is 5.02 Å². The molecule has 0 aromatic heterocycles. The van der Waals surface area contributed by atoms with Crippen LogP contribution in [0.5, 0.6) is 5.75 Å². The van der Waals surface area contributed by atoms with Gasteiger partial charge in [0.25, 0.3) is 0 Å². The summed E-state index contributed by atoms with van der Waals surface area (Å²) in [5, 5.41) is 0.652. The molecule has 2 nitrogen and oxygen atoms in total. The molecule has 2 N–H and O–H groups in total. The Kier molecular flexibility index (Phi) is 5.01. The van der Waals surface area contributed by atoms with E-state index in [1.165, 1.54) is 24.3 Å². The lowest BCUT2D eigenvalue weighted by Gasteiger charge is -2.27. The summed E-state index contributed by atoms with van der Waals surface area (Å²) in [5.74, 6) is 3.78. The van der Waals surface area contributed by atoms with Gasteiger partial charge in [0.05, 0.1) is 5.02 Å². The van der Waals surface area contributed by atoms with Crippen molar-refractivity contribution in [2.45, 2.75) is 18.9 Å². The van der Waals surface area contributed by atoms with E-state index in [1.54, 1.807) is 0 Å².